The van der Waals surface area contributed by atoms with E-state index in [1.54, 1.807) is 6.07 Å². The molecule has 0 aliphatic heterocycles. The quantitative estimate of drug-likeness (QED) is 0.630. The lowest BCUT2D eigenvalue weighted by Crippen LogP contribution is -1.97. The molecule has 0 atom stereocenters. The number of aromatic hydroxyl groups is 1. The molecule has 1 heterocycles. The van der Waals surface area contributed by atoms with Crippen LogP contribution in [0.3, 0.4) is 0 Å². The largest absolute Gasteiger partial charge is 0.508 e. The molecule has 0 fully saturated rings. The van der Waals surface area contributed by atoms with Gasteiger partial charge in [-0.2, -0.15) is 5.26 Å². The molecule has 1 N–H and O–H groups in total. The molecule has 56 valence electrons. The molecule has 0 radical (unpaired) electrons. The first-order valence-corrected chi connectivity index (χ1v) is 2.92. The summed E-state index contributed by atoms with van der Waals surface area (Å²) in [5.41, 5.74) is -0.643. The monoisotopic (exact) mass is 151 g/mol. The zero-order chi connectivity index (χ0) is 8.27. The van der Waals surface area contributed by atoms with Gasteiger partial charge in [0.05, 0.1) is 18.6 Å². The van der Waals surface area contributed by atoms with Crippen LogP contribution in [-0.2, 0) is 6.42 Å². The van der Waals surface area contributed by atoms with Crippen molar-refractivity contribution < 1.29 is 9.52 Å². The van der Waals surface area contributed by atoms with E-state index in [1.165, 1.54) is 6.07 Å². The van der Waals surface area contributed by atoms with Gasteiger partial charge in [-0.15, -0.1) is 0 Å². The average molecular weight is 151 g/mol. The van der Waals surface area contributed by atoms with E-state index in [0.717, 1.165) is 6.07 Å². The summed E-state index contributed by atoms with van der Waals surface area (Å²) in [6.45, 7) is 0. The first kappa shape index (κ1) is 7.35. The summed E-state index contributed by atoms with van der Waals surface area (Å²) in [6.07, 6.45) is -0.0103. The molecular weight excluding hydrogens is 146 g/mol. The predicted octanol–water partition coefficient (Wildman–Crippen LogP) is 0.411. The van der Waals surface area contributed by atoms with Gasteiger partial charge >= 0.3 is 5.63 Å². The van der Waals surface area contributed by atoms with E-state index >= 15 is 0 Å². The van der Waals surface area contributed by atoms with Gasteiger partial charge in [-0.05, 0) is 0 Å². The number of hydrogen-bond acceptors (Lipinski definition) is 4. The van der Waals surface area contributed by atoms with Crippen LogP contribution in [-0.4, -0.2) is 5.11 Å². The smallest absolute Gasteiger partial charge is 0.339 e. The summed E-state index contributed by atoms with van der Waals surface area (Å²) in [7, 11) is 0. The Morgan fingerprint density at radius 3 is 2.91 bits per heavy atom. The summed E-state index contributed by atoms with van der Waals surface area (Å²) in [5.74, 6) is 0.00370. The Labute approximate surface area is 62.3 Å². The van der Waals surface area contributed by atoms with Crippen LogP contribution in [0.2, 0.25) is 0 Å². The second-order valence-electron chi connectivity index (χ2n) is 1.94. The Hall–Kier alpha value is -1.76. The van der Waals surface area contributed by atoms with Crippen molar-refractivity contribution in [3.63, 3.8) is 0 Å². The van der Waals surface area contributed by atoms with E-state index < -0.39 is 5.63 Å². The third-order valence-corrected chi connectivity index (χ3v) is 1.06. The van der Waals surface area contributed by atoms with E-state index in [4.69, 9.17) is 10.4 Å². The van der Waals surface area contributed by atoms with Crippen LogP contribution in [0.5, 0.6) is 5.75 Å². The lowest BCUT2D eigenvalue weighted by molar-refractivity contribution is 0.430. The molecule has 0 aromatic carbocycles. The lowest BCUT2D eigenvalue weighted by atomic mass is 10.3. The minimum Gasteiger partial charge on any atom is -0.508 e. The molecule has 4 nitrogen and oxygen atoms in total. The highest BCUT2D eigenvalue weighted by atomic mass is 16.4. The standard InChI is InChI=1S/C7H5NO3/c8-2-1-6-3-5(9)4-7(10)11-6/h3-4,9H,1H2. The molecule has 0 spiro atoms. The number of nitrogens with zero attached hydrogens (tertiary/aromatic N) is 1. The van der Waals surface area contributed by atoms with Crippen molar-refractivity contribution in [2.75, 3.05) is 0 Å². The topological polar surface area (TPSA) is 74.2 Å². The Morgan fingerprint density at radius 2 is 2.36 bits per heavy atom. The fraction of sp³-hybridized carbons (Fsp3) is 0.143. The SMILES string of the molecule is N#CCc1cc(O)cc(=O)o1. The van der Waals surface area contributed by atoms with E-state index in [9.17, 15) is 4.79 Å². The highest BCUT2D eigenvalue weighted by molar-refractivity contribution is 5.19. The summed E-state index contributed by atoms with van der Waals surface area (Å²) < 4.78 is 4.56. The fourth-order valence-electron chi connectivity index (χ4n) is 0.681. The van der Waals surface area contributed by atoms with Crippen molar-refractivity contribution in [3.05, 3.63) is 28.3 Å². The Morgan fingerprint density at radius 1 is 1.64 bits per heavy atom. The van der Waals surface area contributed by atoms with Gasteiger partial charge in [0, 0.05) is 6.07 Å². The highest BCUT2D eigenvalue weighted by Gasteiger charge is 1.98. The van der Waals surface area contributed by atoms with Crippen LogP contribution in [0.4, 0.5) is 0 Å². The van der Waals surface area contributed by atoms with Crippen LogP contribution in [0.25, 0.3) is 0 Å². The normalized spacial score (nSPS) is 9.00. The van der Waals surface area contributed by atoms with E-state index in [2.05, 4.69) is 4.42 Å². The summed E-state index contributed by atoms with van der Waals surface area (Å²) in [6, 6.07) is 3.98. The molecule has 4 heteroatoms. The summed E-state index contributed by atoms with van der Waals surface area (Å²) in [5, 5.41) is 17.1. The molecular formula is C7H5NO3. The predicted molar refractivity (Wildman–Crippen MR) is 36.0 cm³/mol. The van der Waals surface area contributed by atoms with Gasteiger partial charge in [-0.3, -0.25) is 0 Å². The minimum atomic E-state index is -0.643. The lowest BCUT2D eigenvalue weighted by Gasteiger charge is -1.92. The van der Waals surface area contributed by atoms with Gasteiger partial charge in [-0.25, -0.2) is 4.79 Å². The molecule has 1 aromatic rings. The molecule has 0 amide bonds. The Balaban J connectivity index is 3.11. The van der Waals surface area contributed by atoms with E-state index in [1.807, 2.05) is 0 Å². The van der Waals surface area contributed by atoms with Crippen LogP contribution < -0.4 is 5.63 Å². The molecule has 0 unspecified atom stereocenters. The van der Waals surface area contributed by atoms with Crippen LogP contribution >= 0.6 is 0 Å². The van der Waals surface area contributed by atoms with Crippen molar-refractivity contribution in [1.82, 2.24) is 0 Å². The number of hydrogen-bond donors (Lipinski definition) is 1. The fourth-order valence-corrected chi connectivity index (χ4v) is 0.681. The van der Waals surface area contributed by atoms with Crippen molar-refractivity contribution >= 4 is 0 Å². The molecule has 0 saturated carbocycles. The highest BCUT2D eigenvalue weighted by Crippen LogP contribution is 2.07. The molecule has 0 aliphatic rings. The van der Waals surface area contributed by atoms with Crippen LogP contribution in [0.1, 0.15) is 5.76 Å². The maximum Gasteiger partial charge on any atom is 0.339 e. The van der Waals surface area contributed by atoms with Gasteiger partial charge in [0.15, 0.2) is 0 Å². The van der Waals surface area contributed by atoms with Crippen molar-refractivity contribution in [3.8, 4) is 11.8 Å². The van der Waals surface area contributed by atoms with Gasteiger partial charge in [0.2, 0.25) is 0 Å². The van der Waals surface area contributed by atoms with Crippen LogP contribution in [0, 0.1) is 11.3 Å². The Bertz CT molecular complexity index is 347. The third-order valence-electron chi connectivity index (χ3n) is 1.06. The van der Waals surface area contributed by atoms with Crippen molar-refractivity contribution in [2.45, 2.75) is 6.42 Å². The second kappa shape index (κ2) is 2.88. The molecule has 1 rings (SSSR count). The second-order valence-corrected chi connectivity index (χ2v) is 1.94. The van der Waals surface area contributed by atoms with Gasteiger partial charge in [0.25, 0.3) is 0 Å². The minimum absolute atomic E-state index is 0.0103. The van der Waals surface area contributed by atoms with Gasteiger partial charge < -0.3 is 9.52 Å². The molecule has 0 bridgehead atoms. The maximum atomic E-state index is 10.5. The Kier molecular flexibility index (Phi) is 1.93. The van der Waals surface area contributed by atoms with E-state index in [0.29, 0.717) is 0 Å². The number of nitriles is 1. The first-order chi connectivity index (χ1) is 5.22. The van der Waals surface area contributed by atoms with E-state index in [-0.39, 0.29) is 17.9 Å². The first-order valence-electron chi connectivity index (χ1n) is 2.92. The van der Waals surface area contributed by atoms with Gasteiger partial charge in [0.1, 0.15) is 11.5 Å². The third kappa shape index (κ3) is 1.83. The average Bonchev–Trinajstić information content (AvgIpc) is 1.85. The molecule has 1 aromatic heterocycles. The molecule has 0 aliphatic carbocycles. The van der Waals surface area contributed by atoms with Crippen molar-refractivity contribution in [1.29, 1.82) is 5.26 Å². The van der Waals surface area contributed by atoms with Crippen LogP contribution in [0.15, 0.2) is 21.3 Å². The summed E-state index contributed by atoms with van der Waals surface area (Å²) in [4.78, 5) is 10.5. The van der Waals surface area contributed by atoms with Gasteiger partial charge in [-0.1, -0.05) is 0 Å². The zero-order valence-electron chi connectivity index (χ0n) is 5.57. The summed E-state index contributed by atoms with van der Waals surface area (Å²) >= 11 is 0. The maximum absolute atomic E-state index is 10.5. The number of rotatable bonds is 1. The zero-order valence-corrected chi connectivity index (χ0v) is 5.57. The molecule has 11 heavy (non-hydrogen) atoms. The molecule has 0 saturated heterocycles. The van der Waals surface area contributed by atoms with Crippen molar-refractivity contribution in [2.24, 2.45) is 0 Å².